The molecule has 0 fully saturated rings. The molecule has 0 radical (unpaired) electrons. The van der Waals surface area contributed by atoms with Crippen molar-refractivity contribution in [3.05, 3.63) is 87.9 Å². The number of hydrogen-bond donors (Lipinski definition) is 0. The van der Waals surface area contributed by atoms with Crippen LogP contribution in [0.3, 0.4) is 0 Å². The summed E-state index contributed by atoms with van der Waals surface area (Å²) in [5.41, 5.74) is 3.39. The molecule has 3 nitrogen and oxygen atoms in total. The average molecular weight is 426 g/mol. The summed E-state index contributed by atoms with van der Waals surface area (Å²) in [5.74, 6) is 0.788. The first-order valence-electron chi connectivity index (χ1n) is 8.12. The van der Waals surface area contributed by atoms with Crippen molar-refractivity contribution in [3.8, 4) is 11.4 Å². The van der Waals surface area contributed by atoms with E-state index in [-0.39, 0.29) is 12.3 Å². The Morgan fingerprint density at radius 2 is 1.77 bits per heavy atom. The number of imidazole rings is 1. The van der Waals surface area contributed by atoms with Gasteiger partial charge in [0.2, 0.25) is 0 Å². The van der Waals surface area contributed by atoms with E-state index in [9.17, 15) is 4.79 Å². The van der Waals surface area contributed by atoms with Gasteiger partial charge in [-0.05, 0) is 48.5 Å². The molecule has 0 atom stereocenters. The molecule has 4 aromatic rings. The Balaban J connectivity index is 1.81. The zero-order valence-electron chi connectivity index (χ0n) is 13.7. The molecule has 3 aromatic carbocycles. The van der Waals surface area contributed by atoms with Crippen molar-refractivity contribution in [2.45, 2.75) is 6.54 Å². The van der Waals surface area contributed by atoms with E-state index in [1.165, 1.54) is 0 Å². The average Bonchev–Trinajstić information content (AvgIpc) is 3.01. The molecule has 0 aliphatic heterocycles. The molecule has 0 saturated carbocycles. The third-order valence-electron chi connectivity index (χ3n) is 4.21. The molecule has 4 rings (SSSR count). The largest absolute Gasteiger partial charge is 0.316 e. The van der Waals surface area contributed by atoms with Crippen LogP contribution in [0.25, 0.3) is 22.4 Å². The van der Waals surface area contributed by atoms with E-state index in [1.807, 2.05) is 53.1 Å². The number of hydrogen-bond acceptors (Lipinski definition) is 2. The number of benzene rings is 3. The van der Waals surface area contributed by atoms with E-state index in [2.05, 4.69) is 15.9 Å². The number of carbonyl (C=O) groups excluding carboxylic acids is 1. The predicted molar refractivity (Wildman–Crippen MR) is 109 cm³/mol. The van der Waals surface area contributed by atoms with Crippen molar-refractivity contribution in [3.63, 3.8) is 0 Å². The van der Waals surface area contributed by atoms with Crippen molar-refractivity contribution >= 4 is 44.3 Å². The summed E-state index contributed by atoms with van der Waals surface area (Å²) in [6.45, 7) is 0.212. The molecule has 128 valence electrons. The molecule has 0 N–H and O–H groups in total. The standard InChI is InChI=1S/C21H14BrClN2O/c22-16-5-3-4-15(12-16)21-24-18-6-1-2-7-19(18)25(21)13-20(26)14-8-10-17(23)11-9-14/h1-12H,13H2. The van der Waals surface area contributed by atoms with Crippen LogP contribution in [-0.4, -0.2) is 15.3 Å². The number of halogens is 2. The molecule has 0 aliphatic rings. The van der Waals surface area contributed by atoms with Crippen LogP contribution in [0.4, 0.5) is 0 Å². The molecule has 0 saturated heterocycles. The van der Waals surface area contributed by atoms with Crippen molar-refractivity contribution in [1.29, 1.82) is 0 Å². The van der Waals surface area contributed by atoms with E-state index >= 15 is 0 Å². The zero-order chi connectivity index (χ0) is 18.1. The highest BCUT2D eigenvalue weighted by Gasteiger charge is 2.16. The second kappa shape index (κ2) is 7.06. The van der Waals surface area contributed by atoms with Gasteiger partial charge in [0.25, 0.3) is 0 Å². The second-order valence-electron chi connectivity index (χ2n) is 5.95. The molecule has 0 spiro atoms. The van der Waals surface area contributed by atoms with Gasteiger partial charge in [0, 0.05) is 20.6 Å². The van der Waals surface area contributed by atoms with Gasteiger partial charge in [-0.25, -0.2) is 4.98 Å². The van der Waals surface area contributed by atoms with Gasteiger partial charge < -0.3 is 4.57 Å². The third kappa shape index (κ3) is 3.30. The predicted octanol–water partition coefficient (Wildman–Crippen LogP) is 6.00. The second-order valence-corrected chi connectivity index (χ2v) is 7.30. The van der Waals surface area contributed by atoms with Crippen molar-refractivity contribution < 1.29 is 4.79 Å². The Labute approximate surface area is 164 Å². The molecule has 5 heteroatoms. The van der Waals surface area contributed by atoms with Crippen LogP contribution in [-0.2, 0) is 6.54 Å². The highest BCUT2D eigenvalue weighted by molar-refractivity contribution is 9.10. The maximum Gasteiger partial charge on any atom is 0.182 e. The smallest absolute Gasteiger partial charge is 0.182 e. The summed E-state index contributed by atoms with van der Waals surface area (Å²) in [7, 11) is 0. The summed E-state index contributed by atoms with van der Waals surface area (Å²) in [5, 5.41) is 0.615. The summed E-state index contributed by atoms with van der Waals surface area (Å²) >= 11 is 9.43. The van der Waals surface area contributed by atoms with Crippen LogP contribution < -0.4 is 0 Å². The van der Waals surface area contributed by atoms with Crippen molar-refractivity contribution in [2.75, 3.05) is 0 Å². The van der Waals surface area contributed by atoms with Gasteiger partial charge >= 0.3 is 0 Å². The molecular weight excluding hydrogens is 412 g/mol. The number of nitrogens with zero attached hydrogens (tertiary/aromatic N) is 2. The minimum Gasteiger partial charge on any atom is -0.316 e. The number of Topliss-reactive ketones (excluding diaryl/α,β-unsaturated/α-hetero) is 1. The Morgan fingerprint density at radius 1 is 1.00 bits per heavy atom. The summed E-state index contributed by atoms with van der Waals surface area (Å²) in [6, 6.07) is 22.7. The lowest BCUT2D eigenvalue weighted by Gasteiger charge is -2.09. The Kier molecular flexibility index (Phi) is 4.62. The Bertz CT molecular complexity index is 1100. The highest BCUT2D eigenvalue weighted by Crippen LogP contribution is 2.27. The molecule has 0 unspecified atom stereocenters. The van der Waals surface area contributed by atoms with Crippen LogP contribution in [0.15, 0.2) is 77.3 Å². The molecule has 0 bridgehead atoms. The molecule has 1 aromatic heterocycles. The summed E-state index contributed by atoms with van der Waals surface area (Å²) < 4.78 is 2.94. The number of ketones is 1. The number of para-hydroxylation sites is 2. The van der Waals surface area contributed by atoms with Gasteiger partial charge in [0.1, 0.15) is 5.82 Å². The fraction of sp³-hybridized carbons (Fsp3) is 0.0476. The number of carbonyl (C=O) groups is 1. The maximum atomic E-state index is 12.8. The minimum absolute atomic E-state index is 0.0149. The fourth-order valence-corrected chi connectivity index (χ4v) is 3.48. The molecule has 0 amide bonds. The van der Waals surface area contributed by atoms with Crippen molar-refractivity contribution in [2.24, 2.45) is 0 Å². The van der Waals surface area contributed by atoms with E-state index in [0.29, 0.717) is 10.6 Å². The van der Waals surface area contributed by atoms with Crippen LogP contribution in [0.2, 0.25) is 5.02 Å². The number of fused-ring (bicyclic) bond motifs is 1. The van der Waals surface area contributed by atoms with Gasteiger partial charge in [0.15, 0.2) is 5.78 Å². The monoisotopic (exact) mass is 424 g/mol. The van der Waals surface area contributed by atoms with E-state index in [0.717, 1.165) is 26.9 Å². The SMILES string of the molecule is O=C(Cn1c(-c2cccc(Br)c2)nc2ccccc21)c1ccc(Cl)cc1. The van der Waals surface area contributed by atoms with Gasteiger partial charge in [-0.15, -0.1) is 0 Å². The van der Waals surface area contributed by atoms with Crippen LogP contribution in [0.5, 0.6) is 0 Å². The van der Waals surface area contributed by atoms with Crippen LogP contribution in [0.1, 0.15) is 10.4 Å². The summed E-state index contributed by atoms with van der Waals surface area (Å²) in [4.78, 5) is 17.6. The lowest BCUT2D eigenvalue weighted by molar-refractivity contribution is 0.0974. The first kappa shape index (κ1) is 17.0. The first-order chi connectivity index (χ1) is 12.6. The van der Waals surface area contributed by atoms with E-state index < -0.39 is 0 Å². The molecule has 0 aliphatic carbocycles. The van der Waals surface area contributed by atoms with Gasteiger partial charge in [-0.3, -0.25) is 4.79 Å². The highest BCUT2D eigenvalue weighted by atomic mass is 79.9. The lowest BCUT2D eigenvalue weighted by Crippen LogP contribution is -2.11. The molecular formula is C21H14BrClN2O. The Hall–Kier alpha value is -2.43. The van der Waals surface area contributed by atoms with Gasteiger partial charge in [-0.2, -0.15) is 0 Å². The zero-order valence-corrected chi connectivity index (χ0v) is 16.0. The molecule has 26 heavy (non-hydrogen) atoms. The normalized spacial score (nSPS) is 11.0. The Morgan fingerprint density at radius 3 is 2.54 bits per heavy atom. The van der Waals surface area contributed by atoms with Gasteiger partial charge in [0.05, 0.1) is 17.6 Å². The van der Waals surface area contributed by atoms with E-state index in [1.54, 1.807) is 24.3 Å². The quantitative estimate of drug-likeness (QED) is 0.376. The van der Waals surface area contributed by atoms with Gasteiger partial charge in [-0.1, -0.05) is 51.8 Å². The third-order valence-corrected chi connectivity index (χ3v) is 4.95. The first-order valence-corrected chi connectivity index (χ1v) is 9.29. The lowest BCUT2D eigenvalue weighted by atomic mass is 10.1. The minimum atomic E-state index is 0.0149. The fourth-order valence-electron chi connectivity index (χ4n) is 2.95. The maximum absolute atomic E-state index is 12.8. The summed E-state index contributed by atoms with van der Waals surface area (Å²) in [6.07, 6.45) is 0. The topological polar surface area (TPSA) is 34.9 Å². The van der Waals surface area contributed by atoms with Crippen LogP contribution >= 0.6 is 27.5 Å². The van der Waals surface area contributed by atoms with E-state index in [4.69, 9.17) is 16.6 Å². The van der Waals surface area contributed by atoms with Crippen LogP contribution in [0, 0.1) is 0 Å². The molecule has 1 heterocycles. The number of rotatable bonds is 4. The number of aromatic nitrogens is 2. The van der Waals surface area contributed by atoms with Crippen molar-refractivity contribution in [1.82, 2.24) is 9.55 Å².